The number of carboxylic acid groups (broad SMARTS) is 1. The van der Waals surface area contributed by atoms with Gasteiger partial charge >= 0.3 is 5.97 Å². The van der Waals surface area contributed by atoms with Crippen LogP contribution in [-0.4, -0.2) is 41.0 Å². The highest BCUT2D eigenvalue weighted by atomic mass is 32.2. The van der Waals surface area contributed by atoms with E-state index in [-0.39, 0.29) is 0 Å². The van der Waals surface area contributed by atoms with Gasteiger partial charge in [-0.05, 0) is 0 Å². The first-order valence-corrected chi connectivity index (χ1v) is 3.80. The highest BCUT2D eigenvalue weighted by Gasteiger charge is 2.20. The van der Waals surface area contributed by atoms with Crippen molar-refractivity contribution in [2.45, 2.75) is 6.10 Å². The van der Waals surface area contributed by atoms with Crippen molar-refractivity contribution < 1.29 is 28.0 Å². The molecule has 0 amide bonds. The molecule has 10 heavy (non-hydrogen) atoms. The molecular weight excluding hydrogens is 164 g/mol. The van der Waals surface area contributed by atoms with Crippen molar-refractivity contribution in [2.75, 3.05) is 5.75 Å². The van der Waals surface area contributed by atoms with Crippen molar-refractivity contribution in [3.8, 4) is 0 Å². The van der Waals surface area contributed by atoms with Crippen LogP contribution in [0.25, 0.3) is 0 Å². The lowest BCUT2D eigenvalue weighted by Crippen LogP contribution is -2.28. The first-order valence-electron chi connectivity index (χ1n) is 2.19. The molecule has 0 aromatic rings. The van der Waals surface area contributed by atoms with Gasteiger partial charge in [0.15, 0.2) is 6.10 Å². The molecule has 0 aliphatic rings. The van der Waals surface area contributed by atoms with Gasteiger partial charge in [-0.15, -0.1) is 0 Å². The Bertz CT molecular complexity index is 215. The van der Waals surface area contributed by atoms with Gasteiger partial charge in [0.2, 0.25) is 0 Å². The highest BCUT2D eigenvalue weighted by Crippen LogP contribution is 1.89. The summed E-state index contributed by atoms with van der Waals surface area (Å²) in [6, 6.07) is 0. The van der Waals surface area contributed by atoms with Gasteiger partial charge in [0.25, 0.3) is 10.1 Å². The van der Waals surface area contributed by atoms with E-state index in [0.717, 1.165) is 0 Å². The summed E-state index contributed by atoms with van der Waals surface area (Å²) in [6.07, 6.45) is -2.06. The highest BCUT2D eigenvalue weighted by molar-refractivity contribution is 7.85. The van der Waals surface area contributed by atoms with Crippen LogP contribution in [0.15, 0.2) is 0 Å². The number of rotatable bonds is 3. The van der Waals surface area contributed by atoms with E-state index < -0.39 is 27.9 Å². The summed E-state index contributed by atoms with van der Waals surface area (Å²) in [6.45, 7) is 0. The first kappa shape index (κ1) is 9.34. The van der Waals surface area contributed by atoms with Gasteiger partial charge in [0.1, 0.15) is 5.75 Å². The van der Waals surface area contributed by atoms with Crippen LogP contribution in [0.4, 0.5) is 0 Å². The third-order valence-corrected chi connectivity index (χ3v) is 1.39. The summed E-state index contributed by atoms with van der Waals surface area (Å²) in [5, 5.41) is 16.2. The van der Waals surface area contributed by atoms with Crippen LogP contribution in [0.1, 0.15) is 0 Å². The van der Waals surface area contributed by atoms with Gasteiger partial charge in [-0.1, -0.05) is 0 Å². The second-order valence-electron chi connectivity index (χ2n) is 1.60. The van der Waals surface area contributed by atoms with Gasteiger partial charge < -0.3 is 10.2 Å². The number of aliphatic carboxylic acids is 1. The summed E-state index contributed by atoms with van der Waals surface area (Å²) in [4.78, 5) is 9.75. The van der Waals surface area contributed by atoms with Crippen molar-refractivity contribution >= 4 is 16.1 Å². The summed E-state index contributed by atoms with van der Waals surface area (Å²) < 4.78 is 27.7. The van der Waals surface area contributed by atoms with Crippen molar-refractivity contribution in [3.63, 3.8) is 0 Å². The quantitative estimate of drug-likeness (QED) is 0.436. The largest absolute Gasteiger partial charge is 0.479 e. The normalized spacial score (nSPS) is 14.6. The molecular formula is C3H6O6S. The topological polar surface area (TPSA) is 112 Å². The zero-order chi connectivity index (χ0) is 8.36. The predicted octanol–water partition coefficient (Wildman–Crippen LogP) is -1.68. The maximum Gasteiger partial charge on any atom is 0.333 e. The number of carbonyl (C=O) groups is 1. The number of hydrogen-bond donors (Lipinski definition) is 3. The summed E-state index contributed by atoms with van der Waals surface area (Å²) in [7, 11) is -4.40. The van der Waals surface area contributed by atoms with Gasteiger partial charge in [-0.3, -0.25) is 4.55 Å². The standard InChI is InChI=1S/C3H6O6S/c4-2(3(5)6)1-10(7,8)9/h2,4H,1H2,(H,5,6)(H,7,8,9)/t2-/m0/s1. The van der Waals surface area contributed by atoms with E-state index in [1.54, 1.807) is 0 Å². The fourth-order valence-electron chi connectivity index (χ4n) is 0.271. The lowest BCUT2D eigenvalue weighted by Gasteiger charge is -1.99. The molecule has 0 saturated carbocycles. The van der Waals surface area contributed by atoms with E-state index >= 15 is 0 Å². The Morgan fingerprint density at radius 1 is 1.50 bits per heavy atom. The molecule has 0 unspecified atom stereocenters. The Labute approximate surface area is 56.8 Å². The molecule has 0 aliphatic heterocycles. The van der Waals surface area contributed by atoms with Crippen LogP contribution in [0, 0.1) is 0 Å². The average Bonchev–Trinajstić information content (AvgIpc) is 1.60. The monoisotopic (exact) mass is 170 g/mol. The average molecular weight is 170 g/mol. The molecule has 0 rings (SSSR count). The van der Waals surface area contributed by atoms with Crippen molar-refractivity contribution in [2.24, 2.45) is 0 Å². The third kappa shape index (κ3) is 4.24. The number of carboxylic acids is 1. The maximum absolute atomic E-state index is 9.88. The molecule has 0 spiro atoms. The van der Waals surface area contributed by atoms with Crippen LogP contribution in [0.3, 0.4) is 0 Å². The Hall–Kier alpha value is -0.660. The van der Waals surface area contributed by atoms with Crippen LogP contribution >= 0.6 is 0 Å². The molecule has 1 atom stereocenters. The number of aliphatic hydroxyl groups is 1. The van der Waals surface area contributed by atoms with Crippen molar-refractivity contribution in [3.05, 3.63) is 0 Å². The molecule has 0 heterocycles. The lowest BCUT2D eigenvalue weighted by molar-refractivity contribution is -0.145. The van der Waals surface area contributed by atoms with Crippen LogP contribution in [-0.2, 0) is 14.9 Å². The Balaban J connectivity index is 4.06. The molecule has 0 aromatic carbocycles. The molecule has 0 bridgehead atoms. The molecule has 0 saturated heterocycles. The number of hydrogen-bond acceptors (Lipinski definition) is 4. The zero-order valence-electron chi connectivity index (χ0n) is 4.76. The first-order chi connectivity index (χ1) is 4.33. The molecule has 0 fully saturated rings. The van der Waals surface area contributed by atoms with E-state index in [0.29, 0.717) is 0 Å². The van der Waals surface area contributed by atoms with E-state index in [1.165, 1.54) is 0 Å². The Morgan fingerprint density at radius 3 is 2.00 bits per heavy atom. The Kier molecular flexibility index (Phi) is 2.76. The van der Waals surface area contributed by atoms with E-state index in [9.17, 15) is 13.2 Å². The fraction of sp³-hybridized carbons (Fsp3) is 0.667. The van der Waals surface area contributed by atoms with Gasteiger partial charge in [-0.2, -0.15) is 8.42 Å². The summed E-state index contributed by atoms with van der Waals surface area (Å²) >= 11 is 0. The lowest BCUT2D eigenvalue weighted by atomic mass is 10.4. The van der Waals surface area contributed by atoms with Gasteiger partial charge in [-0.25, -0.2) is 4.79 Å². The zero-order valence-corrected chi connectivity index (χ0v) is 5.58. The van der Waals surface area contributed by atoms with E-state index in [1.807, 2.05) is 0 Å². The number of aliphatic hydroxyl groups excluding tert-OH is 1. The van der Waals surface area contributed by atoms with Crippen LogP contribution in [0.5, 0.6) is 0 Å². The maximum atomic E-state index is 9.88. The van der Waals surface area contributed by atoms with Crippen LogP contribution in [0.2, 0.25) is 0 Å². The van der Waals surface area contributed by atoms with Gasteiger partial charge in [0.05, 0.1) is 0 Å². The van der Waals surface area contributed by atoms with Gasteiger partial charge in [0, 0.05) is 0 Å². The fourth-order valence-corrected chi connectivity index (χ4v) is 0.812. The molecule has 0 aliphatic carbocycles. The van der Waals surface area contributed by atoms with E-state index in [2.05, 4.69) is 0 Å². The molecule has 3 N–H and O–H groups in total. The summed E-state index contributed by atoms with van der Waals surface area (Å²) in [5.41, 5.74) is 0. The predicted molar refractivity (Wildman–Crippen MR) is 30.1 cm³/mol. The third-order valence-electron chi connectivity index (χ3n) is 0.654. The Morgan fingerprint density at radius 2 is 1.90 bits per heavy atom. The molecule has 0 aromatic heterocycles. The second-order valence-corrected chi connectivity index (χ2v) is 3.10. The van der Waals surface area contributed by atoms with Crippen molar-refractivity contribution in [1.29, 1.82) is 0 Å². The molecule has 6 nitrogen and oxygen atoms in total. The molecule has 60 valence electrons. The molecule has 0 radical (unpaired) electrons. The smallest absolute Gasteiger partial charge is 0.333 e. The van der Waals surface area contributed by atoms with E-state index in [4.69, 9.17) is 14.8 Å². The minimum Gasteiger partial charge on any atom is -0.479 e. The second kappa shape index (κ2) is 2.95. The minimum atomic E-state index is -4.40. The molecule has 7 heteroatoms. The van der Waals surface area contributed by atoms with Crippen molar-refractivity contribution in [1.82, 2.24) is 0 Å². The van der Waals surface area contributed by atoms with Crippen LogP contribution < -0.4 is 0 Å². The SMILES string of the molecule is O=C(O)[C@@H](O)CS(=O)(=O)O. The minimum absolute atomic E-state index is 1.18. The summed E-state index contributed by atoms with van der Waals surface area (Å²) in [5.74, 6) is -2.86.